The molecule has 1 fully saturated rings. The van der Waals surface area contributed by atoms with E-state index in [2.05, 4.69) is 22.4 Å². The second-order valence-corrected chi connectivity index (χ2v) is 5.85. The molecule has 100 valence electrons. The first-order chi connectivity index (χ1) is 9.35. The van der Waals surface area contributed by atoms with Crippen molar-refractivity contribution in [3.8, 4) is 5.75 Å². The number of hydrogen-bond donors (Lipinski definition) is 2. The zero-order valence-corrected chi connectivity index (χ0v) is 11.3. The van der Waals surface area contributed by atoms with E-state index in [0.29, 0.717) is 6.04 Å². The molecule has 1 aromatic heterocycles. The number of hydrogen-bond acceptors (Lipinski definition) is 2. The fraction of sp³-hybridized carbons (Fsp3) is 0.500. The van der Waals surface area contributed by atoms with Crippen molar-refractivity contribution in [1.82, 2.24) is 10.3 Å². The number of rotatable bonds is 3. The number of aromatic nitrogens is 1. The molecule has 2 aliphatic rings. The van der Waals surface area contributed by atoms with Gasteiger partial charge in [-0.15, -0.1) is 0 Å². The van der Waals surface area contributed by atoms with Crippen LogP contribution in [-0.2, 0) is 12.8 Å². The van der Waals surface area contributed by atoms with Gasteiger partial charge in [0.2, 0.25) is 0 Å². The number of ether oxygens (including phenoxy) is 1. The zero-order chi connectivity index (χ0) is 12.8. The monoisotopic (exact) mass is 256 g/mol. The van der Waals surface area contributed by atoms with Crippen molar-refractivity contribution in [3.63, 3.8) is 0 Å². The number of para-hydroxylation sites is 1. The van der Waals surface area contributed by atoms with Gasteiger partial charge in [0.25, 0.3) is 0 Å². The van der Waals surface area contributed by atoms with Crippen molar-refractivity contribution in [1.29, 1.82) is 0 Å². The molecule has 4 rings (SSSR count). The summed E-state index contributed by atoms with van der Waals surface area (Å²) >= 11 is 0. The molecule has 0 bridgehead atoms. The largest absolute Gasteiger partial charge is 0.495 e. The minimum absolute atomic E-state index is 0.658. The molecule has 1 aromatic carbocycles. The fourth-order valence-corrected chi connectivity index (χ4v) is 3.31. The Kier molecular flexibility index (Phi) is 2.55. The maximum Gasteiger partial charge on any atom is 0.142 e. The molecule has 0 amide bonds. The first-order valence-corrected chi connectivity index (χ1v) is 7.27. The molecular formula is C16H20N2O. The maximum atomic E-state index is 5.46. The van der Waals surface area contributed by atoms with Gasteiger partial charge in [0.05, 0.1) is 12.6 Å². The summed E-state index contributed by atoms with van der Waals surface area (Å²) in [6, 6.07) is 7.79. The summed E-state index contributed by atoms with van der Waals surface area (Å²) in [4.78, 5) is 3.57. The summed E-state index contributed by atoms with van der Waals surface area (Å²) in [6.45, 7) is 0. The van der Waals surface area contributed by atoms with Gasteiger partial charge in [-0.25, -0.2) is 0 Å². The van der Waals surface area contributed by atoms with Crippen molar-refractivity contribution in [3.05, 3.63) is 29.5 Å². The average Bonchev–Trinajstić information content (AvgIpc) is 3.17. The Labute approximate surface area is 113 Å². The minimum atomic E-state index is 0.658. The van der Waals surface area contributed by atoms with Crippen molar-refractivity contribution >= 4 is 10.9 Å². The van der Waals surface area contributed by atoms with E-state index in [1.807, 2.05) is 6.07 Å². The molecule has 19 heavy (non-hydrogen) atoms. The summed E-state index contributed by atoms with van der Waals surface area (Å²) in [5, 5.41) is 5.12. The number of aromatic amines is 1. The highest BCUT2D eigenvalue weighted by molar-refractivity contribution is 5.89. The van der Waals surface area contributed by atoms with Crippen LogP contribution in [0, 0.1) is 0 Å². The van der Waals surface area contributed by atoms with Crippen molar-refractivity contribution < 1.29 is 4.74 Å². The van der Waals surface area contributed by atoms with E-state index in [0.717, 1.165) is 24.6 Å². The van der Waals surface area contributed by atoms with Gasteiger partial charge >= 0.3 is 0 Å². The third-order valence-electron chi connectivity index (χ3n) is 4.45. The molecule has 2 N–H and O–H groups in total. The molecule has 0 spiro atoms. The SMILES string of the molecule is COc1cccc2c3c([nH]c12)CCC(NC1CC1)C3. The summed E-state index contributed by atoms with van der Waals surface area (Å²) < 4.78 is 5.46. The number of H-pyrrole nitrogens is 1. The van der Waals surface area contributed by atoms with Crippen LogP contribution in [0.3, 0.4) is 0 Å². The smallest absolute Gasteiger partial charge is 0.142 e. The predicted octanol–water partition coefficient (Wildman–Crippen LogP) is 2.79. The summed E-state index contributed by atoms with van der Waals surface area (Å²) in [5.41, 5.74) is 4.08. The van der Waals surface area contributed by atoms with Gasteiger partial charge in [0.1, 0.15) is 5.75 Å². The highest BCUT2D eigenvalue weighted by Crippen LogP contribution is 2.34. The maximum absolute atomic E-state index is 5.46. The third kappa shape index (κ3) is 1.93. The van der Waals surface area contributed by atoms with Gasteiger partial charge in [-0.2, -0.15) is 0 Å². The van der Waals surface area contributed by atoms with Crippen molar-refractivity contribution in [2.24, 2.45) is 0 Å². The lowest BCUT2D eigenvalue weighted by Crippen LogP contribution is -2.35. The zero-order valence-electron chi connectivity index (χ0n) is 11.3. The summed E-state index contributed by atoms with van der Waals surface area (Å²) in [6.07, 6.45) is 6.28. The van der Waals surface area contributed by atoms with Gasteiger partial charge in [0.15, 0.2) is 0 Å². The van der Waals surface area contributed by atoms with E-state index in [4.69, 9.17) is 4.74 Å². The lowest BCUT2D eigenvalue weighted by Gasteiger charge is -2.23. The third-order valence-corrected chi connectivity index (χ3v) is 4.45. The molecule has 3 nitrogen and oxygen atoms in total. The van der Waals surface area contributed by atoms with E-state index < -0.39 is 0 Å². The van der Waals surface area contributed by atoms with Crippen LogP contribution < -0.4 is 10.1 Å². The van der Waals surface area contributed by atoms with Crippen LogP contribution in [0.15, 0.2) is 18.2 Å². The Morgan fingerprint density at radius 2 is 2.11 bits per heavy atom. The number of methoxy groups -OCH3 is 1. The minimum Gasteiger partial charge on any atom is -0.495 e. The van der Waals surface area contributed by atoms with E-state index in [9.17, 15) is 0 Å². The molecule has 0 saturated heterocycles. The van der Waals surface area contributed by atoms with Gasteiger partial charge in [-0.3, -0.25) is 0 Å². The van der Waals surface area contributed by atoms with E-state index in [1.54, 1.807) is 7.11 Å². The molecule has 3 heteroatoms. The average molecular weight is 256 g/mol. The normalized spacial score (nSPS) is 22.5. The molecular weight excluding hydrogens is 236 g/mol. The Morgan fingerprint density at radius 3 is 2.89 bits per heavy atom. The molecule has 1 saturated carbocycles. The molecule has 0 radical (unpaired) electrons. The number of fused-ring (bicyclic) bond motifs is 3. The first-order valence-electron chi connectivity index (χ1n) is 7.27. The van der Waals surface area contributed by atoms with E-state index in [-0.39, 0.29) is 0 Å². The molecule has 1 unspecified atom stereocenters. The second-order valence-electron chi connectivity index (χ2n) is 5.85. The van der Waals surface area contributed by atoms with E-state index in [1.165, 1.54) is 41.4 Å². The van der Waals surface area contributed by atoms with Crippen LogP contribution in [0.5, 0.6) is 5.75 Å². The molecule has 1 heterocycles. The van der Waals surface area contributed by atoms with Crippen LogP contribution >= 0.6 is 0 Å². The Morgan fingerprint density at radius 1 is 1.21 bits per heavy atom. The van der Waals surface area contributed by atoms with Crippen LogP contribution in [0.1, 0.15) is 30.5 Å². The topological polar surface area (TPSA) is 37.0 Å². The summed E-state index contributed by atoms with van der Waals surface area (Å²) in [5.74, 6) is 0.957. The van der Waals surface area contributed by atoms with Gasteiger partial charge in [0, 0.05) is 23.2 Å². The van der Waals surface area contributed by atoms with Crippen LogP contribution in [-0.4, -0.2) is 24.2 Å². The van der Waals surface area contributed by atoms with E-state index >= 15 is 0 Å². The highest BCUT2D eigenvalue weighted by Gasteiger charge is 2.28. The first kappa shape index (κ1) is 11.4. The molecule has 2 aliphatic carbocycles. The van der Waals surface area contributed by atoms with Gasteiger partial charge < -0.3 is 15.0 Å². The van der Waals surface area contributed by atoms with Crippen LogP contribution in [0.25, 0.3) is 10.9 Å². The Balaban J connectivity index is 1.72. The second kappa shape index (κ2) is 4.27. The number of aryl methyl sites for hydroxylation is 1. The summed E-state index contributed by atoms with van der Waals surface area (Å²) in [7, 11) is 1.74. The lowest BCUT2D eigenvalue weighted by atomic mass is 9.91. The quantitative estimate of drug-likeness (QED) is 0.886. The van der Waals surface area contributed by atoms with Crippen molar-refractivity contribution in [2.45, 2.75) is 44.2 Å². The van der Waals surface area contributed by atoms with Crippen molar-refractivity contribution in [2.75, 3.05) is 7.11 Å². The highest BCUT2D eigenvalue weighted by atomic mass is 16.5. The van der Waals surface area contributed by atoms with Gasteiger partial charge in [-0.05, 0) is 43.7 Å². The standard InChI is InChI=1S/C16H20N2O/c1-19-15-4-2-3-12-13-9-11(17-10-5-6-10)7-8-14(13)18-16(12)15/h2-4,10-11,17-18H,5-9H2,1H3. The predicted molar refractivity (Wildman–Crippen MR) is 76.8 cm³/mol. The molecule has 2 aromatic rings. The lowest BCUT2D eigenvalue weighted by molar-refractivity contribution is 0.419. The Bertz CT molecular complexity index is 612. The Hall–Kier alpha value is -1.48. The van der Waals surface area contributed by atoms with Gasteiger partial charge in [-0.1, -0.05) is 12.1 Å². The van der Waals surface area contributed by atoms with Crippen LogP contribution in [0.4, 0.5) is 0 Å². The number of benzene rings is 1. The fourth-order valence-electron chi connectivity index (χ4n) is 3.31. The number of nitrogens with one attached hydrogen (secondary N) is 2. The molecule has 1 atom stereocenters. The van der Waals surface area contributed by atoms with Crippen LogP contribution in [0.2, 0.25) is 0 Å². The molecule has 0 aliphatic heterocycles.